The molecule has 2 rings (SSSR count). The summed E-state index contributed by atoms with van der Waals surface area (Å²) in [4.78, 5) is 12.8. The summed E-state index contributed by atoms with van der Waals surface area (Å²) in [5.74, 6) is 0.136. The molecule has 0 aliphatic heterocycles. The van der Waals surface area contributed by atoms with Gasteiger partial charge in [-0.1, -0.05) is 17.8 Å². The van der Waals surface area contributed by atoms with Gasteiger partial charge in [-0.3, -0.25) is 9.48 Å². The number of aryl methyl sites for hydroxylation is 3. The maximum Gasteiger partial charge on any atom is 0.176 e. The van der Waals surface area contributed by atoms with E-state index in [1.165, 1.54) is 11.5 Å². The molecular weight excluding hydrogens is 248 g/mol. The molecule has 2 aromatic heterocycles. The lowest BCUT2D eigenvalue weighted by Gasteiger charge is -1.98. The van der Waals surface area contributed by atoms with Crippen LogP contribution in [0.4, 0.5) is 0 Å². The van der Waals surface area contributed by atoms with Gasteiger partial charge >= 0.3 is 0 Å². The molecule has 0 bridgehead atoms. The van der Waals surface area contributed by atoms with Crippen LogP contribution >= 0.6 is 11.5 Å². The number of rotatable bonds is 6. The van der Waals surface area contributed by atoms with E-state index < -0.39 is 0 Å². The van der Waals surface area contributed by atoms with Gasteiger partial charge in [-0.05, 0) is 29.9 Å². The van der Waals surface area contributed by atoms with E-state index >= 15 is 0 Å². The zero-order valence-corrected chi connectivity index (χ0v) is 11.4. The molecule has 0 fully saturated rings. The lowest BCUT2D eigenvalue weighted by atomic mass is 10.1. The predicted molar refractivity (Wildman–Crippen MR) is 69.8 cm³/mol. The summed E-state index contributed by atoms with van der Waals surface area (Å²) in [6, 6.07) is 0. The highest BCUT2D eigenvalue weighted by molar-refractivity contribution is 7.08. The lowest BCUT2D eigenvalue weighted by molar-refractivity contribution is 0.0985. The Morgan fingerprint density at radius 2 is 2.28 bits per heavy atom. The molecule has 18 heavy (non-hydrogen) atoms. The molecule has 96 valence electrons. The highest BCUT2D eigenvalue weighted by atomic mass is 32.1. The fourth-order valence-electron chi connectivity index (χ4n) is 1.79. The number of aromatic nitrogens is 4. The number of nitrogens with zero attached hydrogens (tertiary/aromatic N) is 4. The topological polar surface area (TPSA) is 60.7 Å². The van der Waals surface area contributed by atoms with Crippen LogP contribution in [0.1, 0.15) is 40.7 Å². The van der Waals surface area contributed by atoms with Crippen molar-refractivity contribution in [1.82, 2.24) is 19.4 Å². The molecule has 0 aliphatic rings. The second kappa shape index (κ2) is 5.86. The van der Waals surface area contributed by atoms with Crippen LogP contribution in [0.25, 0.3) is 0 Å². The second-order valence-electron chi connectivity index (χ2n) is 4.24. The Morgan fingerprint density at radius 1 is 1.44 bits per heavy atom. The van der Waals surface area contributed by atoms with E-state index in [4.69, 9.17) is 0 Å². The molecule has 0 saturated carbocycles. The first kappa shape index (κ1) is 12.9. The first-order valence-electron chi connectivity index (χ1n) is 6.02. The summed E-state index contributed by atoms with van der Waals surface area (Å²) in [6.45, 7) is 2.07. The quantitative estimate of drug-likeness (QED) is 0.749. The summed E-state index contributed by atoms with van der Waals surface area (Å²) in [5.41, 5.74) is 1.93. The lowest BCUT2D eigenvalue weighted by Crippen LogP contribution is -2.02. The van der Waals surface area contributed by atoms with Crippen molar-refractivity contribution in [1.29, 1.82) is 0 Å². The van der Waals surface area contributed by atoms with Crippen LogP contribution in [0, 0.1) is 0 Å². The van der Waals surface area contributed by atoms with Crippen molar-refractivity contribution >= 4 is 17.3 Å². The maximum absolute atomic E-state index is 12.1. The molecule has 0 aliphatic carbocycles. The number of carbonyl (C=O) groups excluding carboxylic acids is 1. The number of carbonyl (C=O) groups is 1. The summed E-state index contributed by atoms with van der Waals surface area (Å²) >= 11 is 1.21. The highest BCUT2D eigenvalue weighted by Crippen LogP contribution is 2.16. The third-order valence-corrected chi connectivity index (χ3v) is 3.50. The van der Waals surface area contributed by atoms with Gasteiger partial charge in [-0.2, -0.15) is 5.10 Å². The van der Waals surface area contributed by atoms with E-state index in [2.05, 4.69) is 21.6 Å². The van der Waals surface area contributed by atoms with Crippen LogP contribution in [0.5, 0.6) is 0 Å². The van der Waals surface area contributed by atoms with Gasteiger partial charge in [0.1, 0.15) is 4.88 Å². The molecule has 2 aromatic rings. The molecule has 5 nitrogen and oxygen atoms in total. The third kappa shape index (κ3) is 3.01. The zero-order valence-electron chi connectivity index (χ0n) is 10.6. The minimum atomic E-state index is 0.136. The van der Waals surface area contributed by atoms with E-state index in [0.717, 1.165) is 35.4 Å². The van der Waals surface area contributed by atoms with Gasteiger partial charge in [0.05, 0.1) is 11.9 Å². The zero-order chi connectivity index (χ0) is 13.0. The Kier molecular flexibility index (Phi) is 4.19. The van der Waals surface area contributed by atoms with Crippen LogP contribution in [0.3, 0.4) is 0 Å². The van der Waals surface area contributed by atoms with Gasteiger partial charge in [-0.15, -0.1) is 5.10 Å². The molecule has 0 amide bonds. The minimum absolute atomic E-state index is 0.136. The number of Topliss-reactive ketones (excluding diaryl/α,β-unsaturated/α-hetero) is 1. The van der Waals surface area contributed by atoms with Crippen LogP contribution in [0.2, 0.25) is 0 Å². The Hall–Kier alpha value is -1.56. The Labute approximate surface area is 110 Å². The summed E-state index contributed by atoms with van der Waals surface area (Å²) in [6.07, 6.45) is 6.75. The van der Waals surface area contributed by atoms with Gasteiger partial charge in [0.2, 0.25) is 0 Å². The molecule has 0 aromatic carbocycles. The number of ketones is 1. The van der Waals surface area contributed by atoms with Crippen LogP contribution in [-0.4, -0.2) is 25.2 Å². The van der Waals surface area contributed by atoms with Gasteiger partial charge in [0, 0.05) is 19.7 Å². The van der Waals surface area contributed by atoms with Gasteiger partial charge < -0.3 is 0 Å². The van der Waals surface area contributed by atoms with E-state index in [0.29, 0.717) is 6.42 Å². The molecule has 0 atom stereocenters. The fourth-order valence-corrected chi connectivity index (χ4v) is 2.47. The standard InChI is InChI=1S/C12H16N4OS/c1-3-4-10-12(18-15-14-10)11(17)6-5-9-7-13-16(2)8-9/h7-8H,3-6H2,1-2H3. The largest absolute Gasteiger partial charge is 0.293 e. The molecule has 6 heteroatoms. The van der Waals surface area contributed by atoms with E-state index in [1.54, 1.807) is 10.9 Å². The molecular formula is C12H16N4OS. The first-order chi connectivity index (χ1) is 8.70. The van der Waals surface area contributed by atoms with Crippen molar-refractivity contribution < 1.29 is 4.79 Å². The van der Waals surface area contributed by atoms with E-state index in [-0.39, 0.29) is 5.78 Å². The van der Waals surface area contributed by atoms with Crippen LogP contribution in [0.15, 0.2) is 12.4 Å². The van der Waals surface area contributed by atoms with Crippen molar-refractivity contribution in [2.75, 3.05) is 0 Å². The average molecular weight is 264 g/mol. The molecule has 0 N–H and O–H groups in total. The second-order valence-corrected chi connectivity index (χ2v) is 5.00. The van der Waals surface area contributed by atoms with Crippen molar-refractivity contribution in [3.63, 3.8) is 0 Å². The number of hydrogen-bond acceptors (Lipinski definition) is 5. The molecule has 0 radical (unpaired) electrons. The summed E-state index contributed by atoms with van der Waals surface area (Å²) in [7, 11) is 1.87. The van der Waals surface area contributed by atoms with Gasteiger partial charge in [-0.25, -0.2) is 0 Å². The summed E-state index contributed by atoms with van der Waals surface area (Å²) in [5, 5.41) is 8.10. The van der Waals surface area contributed by atoms with Gasteiger partial charge in [0.25, 0.3) is 0 Å². The SMILES string of the molecule is CCCc1nnsc1C(=O)CCc1cnn(C)c1. The Bertz CT molecular complexity index is 532. The normalized spacial score (nSPS) is 10.8. The van der Waals surface area contributed by atoms with Crippen molar-refractivity contribution in [2.45, 2.75) is 32.6 Å². The predicted octanol–water partition coefficient (Wildman–Crippen LogP) is 2.04. The Balaban J connectivity index is 1.97. The number of hydrogen-bond donors (Lipinski definition) is 0. The summed E-state index contributed by atoms with van der Waals surface area (Å²) < 4.78 is 5.62. The monoisotopic (exact) mass is 264 g/mol. The molecule has 0 unspecified atom stereocenters. The maximum atomic E-state index is 12.1. The van der Waals surface area contributed by atoms with Crippen molar-refractivity contribution in [3.05, 3.63) is 28.5 Å². The third-order valence-electron chi connectivity index (χ3n) is 2.69. The average Bonchev–Trinajstić information content (AvgIpc) is 2.96. The molecule has 0 saturated heterocycles. The fraction of sp³-hybridized carbons (Fsp3) is 0.500. The van der Waals surface area contributed by atoms with Crippen LogP contribution in [-0.2, 0) is 19.9 Å². The van der Waals surface area contributed by atoms with E-state index in [9.17, 15) is 4.79 Å². The van der Waals surface area contributed by atoms with Gasteiger partial charge in [0.15, 0.2) is 5.78 Å². The first-order valence-corrected chi connectivity index (χ1v) is 6.80. The van der Waals surface area contributed by atoms with Crippen molar-refractivity contribution in [3.8, 4) is 0 Å². The smallest absolute Gasteiger partial charge is 0.176 e. The van der Waals surface area contributed by atoms with Crippen molar-refractivity contribution in [2.24, 2.45) is 7.05 Å². The van der Waals surface area contributed by atoms with E-state index in [1.807, 2.05) is 13.2 Å². The van der Waals surface area contributed by atoms with Crippen LogP contribution < -0.4 is 0 Å². The minimum Gasteiger partial charge on any atom is -0.293 e. The highest BCUT2D eigenvalue weighted by Gasteiger charge is 2.15. The molecule has 2 heterocycles. The Morgan fingerprint density at radius 3 is 2.94 bits per heavy atom. The molecule has 0 spiro atoms.